The molecule has 1 aliphatic heterocycles. The van der Waals surface area contributed by atoms with Crippen LogP contribution in [0.3, 0.4) is 0 Å². The monoisotopic (exact) mass is 273 g/mol. The van der Waals surface area contributed by atoms with Gasteiger partial charge in [0.05, 0.1) is 5.41 Å². The normalized spacial score (nSPS) is 24.8. The lowest BCUT2D eigenvalue weighted by Gasteiger charge is -2.42. The fourth-order valence-electron chi connectivity index (χ4n) is 2.70. The van der Waals surface area contributed by atoms with Crippen molar-refractivity contribution in [2.24, 2.45) is 5.41 Å². The zero-order valence-electron chi connectivity index (χ0n) is 11.7. The molecule has 2 aliphatic rings. The van der Waals surface area contributed by atoms with Crippen molar-refractivity contribution in [1.29, 1.82) is 0 Å². The predicted molar refractivity (Wildman–Crippen MR) is 68.2 cm³/mol. The number of carbonyl (C=O) groups is 1. The first-order valence-electron chi connectivity index (χ1n) is 6.69. The minimum atomic E-state index is -2.67. The number of hydrogen-bond acceptors (Lipinski definition) is 2. The fraction of sp³-hybridized carbons (Fsp3) is 0.786. The van der Waals surface area contributed by atoms with Crippen molar-refractivity contribution in [1.82, 2.24) is 4.90 Å². The Morgan fingerprint density at radius 2 is 1.84 bits per heavy atom. The molecule has 3 nitrogen and oxygen atoms in total. The van der Waals surface area contributed by atoms with Gasteiger partial charge in [0.25, 0.3) is 5.92 Å². The summed E-state index contributed by atoms with van der Waals surface area (Å²) < 4.78 is 33.0. The van der Waals surface area contributed by atoms with Gasteiger partial charge in [0.2, 0.25) is 0 Å². The lowest BCUT2D eigenvalue weighted by molar-refractivity contribution is -0.108. The molecule has 1 spiro atoms. The van der Waals surface area contributed by atoms with E-state index in [1.165, 1.54) is 4.90 Å². The number of piperidine rings is 1. The van der Waals surface area contributed by atoms with Gasteiger partial charge in [-0.2, -0.15) is 0 Å². The summed E-state index contributed by atoms with van der Waals surface area (Å²) in [5.41, 5.74) is -1.60. The number of allylic oxidation sites excluding steroid dienone is 2. The highest BCUT2D eigenvalue weighted by Crippen LogP contribution is 2.52. The van der Waals surface area contributed by atoms with Crippen LogP contribution < -0.4 is 0 Å². The smallest absolute Gasteiger partial charge is 0.410 e. The van der Waals surface area contributed by atoms with Crippen molar-refractivity contribution in [3.63, 3.8) is 0 Å². The first-order chi connectivity index (χ1) is 8.65. The summed E-state index contributed by atoms with van der Waals surface area (Å²) in [6, 6.07) is 0. The van der Waals surface area contributed by atoms with Crippen LogP contribution >= 0.6 is 0 Å². The number of likely N-dealkylation sites (tertiary alicyclic amines) is 1. The summed E-state index contributed by atoms with van der Waals surface area (Å²) in [6.07, 6.45) is 3.21. The molecule has 0 aromatic carbocycles. The first-order valence-corrected chi connectivity index (χ1v) is 6.69. The van der Waals surface area contributed by atoms with Gasteiger partial charge in [0.15, 0.2) is 0 Å². The fourth-order valence-corrected chi connectivity index (χ4v) is 2.70. The largest absolute Gasteiger partial charge is 0.444 e. The molecular weight excluding hydrogens is 252 g/mol. The minimum Gasteiger partial charge on any atom is -0.444 e. The standard InChI is InChI=1S/C14H21F2NO2/c1-12(2,3)19-11(18)17-9-7-13(8-10-17)5-4-6-14(13,15)16/h4-5H,6-10H2,1-3H3. The highest BCUT2D eigenvalue weighted by atomic mass is 19.3. The molecule has 0 saturated carbocycles. The summed E-state index contributed by atoms with van der Waals surface area (Å²) >= 11 is 0. The van der Waals surface area contributed by atoms with Gasteiger partial charge in [-0.1, -0.05) is 12.2 Å². The number of hydrogen-bond donors (Lipinski definition) is 0. The van der Waals surface area contributed by atoms with Crippen molar-refractivity contribution < 1.29 is 18.3 Å². The number of nitrogens with zero attached hydrogens (tertiary/aromatic N) is 1. The number of amides is 1. The molecule has 0 atom stereocenters. The molecule has 0 unspecified atom stereocenters. The molecule has 0 aromatic heterocycles. The molecule has 19 heavy (non-hydrogen) atoms. The summed E-state index contributed by atoms with van der Waals surface area (Å²) in [7, 11) is 0. The third-order valence-corrected chi connectivity index (χ3v) is 3.85. The van der Waals surface area contributed by atoms with Crippen molar-refractivity contribution in [3.8, 4) is 0 Å². The summed E-state index contributed by atoms with van der Waals surface area (Å²) in [4.78, 5) is 13.4. The van der Waals surface area contributed by atoms with Gasteiger partial charge in [-0.15, -0.1) is 0 Å². The van der Waals surface area contributed by atoms with E-state index in [9.17, 15) is 13.6 Å². The Morgan fingerprint density at radius 1 is 1.26 bits per heavy atom. The Balaban J connectivity index is 1.96. The third kappa shape index (κ3) is 2.74. The Kier molecular flexibility index (Phi) is 3.35. The maximum Gasteiger partial charge on any atom is 0.410 e. The van der Waals surface area contributed by atoms with Crippen LogP contribution in [0.4, 0.5) is 13.6 Å². The van der Waals surface area contributed by atoms with Crippen LogP contribution in [-0.2, 0) is 4.74 Å². The van der Waals surface area contributed by atoms with E-state index in [2.05, 4.69) is 0 Å². The van der Waals surface area contributed by atoms with Gasteiger partial charge in [-0.25, -0.2) is 13.6 Å². The molecule has 2 rings (SSSR count). The van der Waals surface area contributed by atoms with Crippen molar-refractivity contribution in [2.45, 2.75) is 51.6 Å². The SMILES string of the molecule is CC(C)(C)OC(=O)N1CCC2(C=CCC2(F)F)CC1. The number of alkyl halides is 2. The summed E-state index contributed by atoms with van der Waals surface area (Å²) in [5, 5.41) is 0. The van der Waals surface area contributed by atoms with Crippen LogP contribution in [0.5, 0.6) is 0 Å². The van der Waals surface area contributed by atoms with Gasteiger partial charge in [0, 0.05) is 19.5 Å². The molecule has 108 valence electrons. The number of carbonyl (C=O) groups excluding carboxylic acids is 1. The number of halogens is 2. The van der Waals surface area contributed by atoms with Gasteiger partial charge < -0.3 is 9.64 Å². The van der Waals surface area contributed by atoms with E-state index in [1.54, 1.807) is 32.9 Å². The molecule has 1 aliphatic carbocycles. The van der Waals surface area contributed by atoms with Crippen molar-refractivity contribution >= 4 is 6.09 Å². The van der Waals surface area contributed by atoms with Crippen LogP contribution in [0, 0.1) is 5.41 Å². The van der Waals surface area contributed by atoms with E-state index in [0.29, 0.717) is 25.9 Å². The van der Waals surface area contributed by atoms with Gasteiger partial charge in [0.1, 0.15) is 5.60 Å². The zero-order valence-corrected chi connectivity index (χ0v) is 11.7. The van der Waals surface area contributed by atoms with E-state index in [1.807, 2.05) is 0 Å². The third-order valence-electron chi connectivity index (χ3n) is 3.85. The molecule has 0 radical (unpaired) electrons. The van der Waals surface area contributed by atoms with Gasteiger partial charge >= 0.3 is 6.09 Å². The lowest BCUT2D eigenvalue weighted by Crippen LogP contribution is -2.49. The van der Waals surface area contributed by atoms with Crippen LogP contribution in [0.1, 0.15) is 40.0 Å². The molecule has 5 heteroatoms. The predicted octanol–water partition coefficient (Wildman–Crippen LogP) is 3.60. The van der Waals surface area contributed by atoms with Gasteiger partial charge in [-0.3, -0.25) is 0 Å². The van der Waals surface area contributed by atoms with Gasteiger partial charge in [-0.05, 0) is 33.6 Å². The van der Waals surface area contributed by atoms with E-state index in [0.717, 1.165) is 0 Å². The quantitative estimate of drug-likeness (QED) is 0.631. The summed E-state index contributed by atoms with van der Waals surface area (Å²) in [6.45, 7) is 6.04. The molecule has 0 N–H and O–H groups in total. The molecule has 0 aromatic rings. The molecule has 1 saturated heterocycles. The minimum absolute atomic E-state index is 0.181. The average molecular weight is 273 g/mol. The second kappa shape index (κ2) is 4.46. The van der Waals surface area contributed by atoms with E-state index in [4.69, 9.17) is 4.74 Å². The topological polar surface area (TPSA) is 29.5 Å². The maximum atomic E-state index is 13.9. The first kappa shape index (κ1) is 14.3. The highest BCUT2D eigenvalue weighted by Gasteiger charge is 2.55. The van der Waals surface area contributed by atoms with Crippen LogP contribution in [0.15, 0.2) is 12.2 Å². The maximum absolute atomic E-state index is 13.9. The Bertz CT molecular complexity index is 391. The Hall–Kier alpha value is -1.13. The van der Waals surface area contributed by atoms with Crippen molar-refractivity contribution in [3.05, 3.63) is 12.2 Å². The van der Waals surface area contributed by atoms with E-state index in [-0.39, 0.29) is 6.42 Å². The Labute approximate surface area is 112 Å². The molecule has 1 amide bonds. The van der Waals surface area contributed by atoms with E-state index >= 15 is 0 Å². The second-order valence-electron chi connectivity index (χ2n) is 6.43. The highest BCUT2D eigenvalue weighted by molar-refractivity contribution is 5.68. The number of ether oxygens (including phenoxy) is 1. The average Bonchev–Trinajstić information content (AvgIpc) is 2.53. The summed E-state index contributed by atoms with van der Waals surface area (Å²) in [5.74, 6) is -2.67. The number of rotatable bonds is 0. The lowest BCUT2D eigenvalue weighted by atomic mass is 9.75. The van der Waals surface area contributed by atoms with Crippen LogP contribution in [-0.4, -0.2) is 35.6 Å². The molecular formula is C14H21F2NO2. The van der Waals surface area contributed by atoms with Crippen LogP contribution in [0.2, 0.25) is 0 Å². The Morgan fingerprint density at radius 3 is 2.26 bits per heavy atom. The molecule has 1 fully saturated rings. The zero-order chi connectivity index (χ0) is 14.3. The van der Waals surface area contributed by atoms with Crippen LogP contribution in [0.25, 0.3) is 0 Å². The van der Waals surface area contributed by atoms with Crippen molar-refractivity contribution in [2.75, 3.05) is 13.1 Å². The van der Waals surface area contributed by atoms with E-state index < -0.39 is 23.0 Å². The second-order valence-corrected chi connectivity index (χ2v) is 6.43. The molecule has 1 heterocycles. The molecule has 0 bridgehead atoms.